The van der Waals surface area contributed by atoms with E-state index in [1.54, 1.807) is 11.1 Å². The second kappa shape index (κ2) is 3.75. The minimum Gasteiger partial charge on any atom is -0.0776 e. The molecule has 66 valence electrons. The fourth-order valence-corrected chi connectivity index (χ4v) is 1.85. The Morgan fingerprint density at radius 1 is 1.17 bits per heavy atom. The van der Waals surface area contributed by atoms with Crippen LogP contribution in [0.25, 0.3) is 0 Å². The summed E-state index contributed by atoms with van der Waals surface area (Å²) >= 11 is 0. The van der Waals surface area contributed by atoms with E-state index in [4.69, 9.17) is 0 Å². The van der Waals surface area contributed by atoms with E-state index in [-0.39, 0.29) is 7.43 Å². The Balaban J connectivity index is 0.000000720. The summed E-state index contributed by atoms with van der Waals surface area (Å²) in [6.07, 6.45) is 5.15. The largest absolute Gasteiger partial charge is 0.0776 e. The van der Waals surface area contributed by atoms with E-state index in [1.807, 2.05) is 0 Å². The predicted molar refractivity (Wildman–Crippen MR) is 54.6 cm³/mol. The average Bonchev–Trinajstić information content (AvgIpc) is 2.50. The quantitative estimate of drug-likeness (QED) is 0.594. The fraction of sp³-hybridized carbons (Fsp3) is 0.500. The van der Waals surface area contributed by atoms with E-state index >= 15 is 0 Å². The van der Waals surface area contributed by atoms with Crippen molar-refractivity contribution in [3.63, 3.8) is 0 Å². The highest BCUT2D eigenvalue weighted by Gasteiger charge is 2.09. The second-order valence-corrected chi connectivity index (χ2v) is 3.31. The van der Waals surface area contributed by atoms with Gasteiger partial charge in [0, 0.05) is 0 Å². The Morgan fingerprint density at radius 3 is 2.67 bits per heavy atom. The number of rotatable bonds is 1. The molecule has 1 aliphatic carbocycles. The number of benzene rings is 1. The Morgan fingerprint density at radius 2 is 1.92 bits per heavy atom. The first kappa shape index (κ1) is 9.31. The van der Waals surface area contributed by atoms with Crippen LogP contribution in [0.2, 0.25) is 0 Å². The van der Waals surface area contributed by atoms with Crippen LogP contribution in [0, 0.1) is 0 Å². The molecule has 0 saturated carbocycles. The van der Waals surface area contributed by atoms with Crippen molar-refractivity contribution in [3.8, 4) is 0 Å². The molecule has 0 fully saturated rings. The first-order valence-electron chi connectivity index (χ1n) is 4.51. The van der Waals surface area contributed by atoms with Gasteiger partial charge in [0.05, 0.1) is 0 Å². The van der Waals surface area contributed by atoms with Crippen LogP contribution in [0.15, 0.2) is 18.2 Å². The van der Waals surface area contributed by atoms with Crippen LogP contribution in [0.1, 0.15) is 37.5 Å². The molecular formula is C12H18. The van der Waals surface area contributed by atoms with Gasteiger partial charge < -0.3 is 0 Å². The summed E-state index contributed by atoms with van der Waals surface area (Å²) in [5, 5.41) is 0. The first-order valence-corrected chi connectivity index (χ1v) is 4.51. The molecule has 0 radical (unpaired) electrons. The summed E-state index contributed by atoms with van der Waals surface area (Å²) < 4.78 is 0. The Hall–Kier alpha value is -0.780. The number of hydrogen-bond acceptors (Lipinski definition) is 0. The van der Waals surface area contributed by atoms with Gasteiger partial charge in [-0.15, -0.1) is 0 Å². The molecule has 0 nitrogen and oxygen atoms in total. The number of aryl methyl sites for hydroxylation is 3. The zero-order valence-corrected chi connectivity index (χ0v) is 7.06. The van der Waals surface area contributed by atoms with Gasteiger partial charge in [-0.05, 0) is 42.4 Å². The molecule has 1 aromatic carbocycles. The molecule has 0 N–H and O–H groups in total. The van der Waals surface area contributed by atoms with Crippen molar-refractivity contribution in [1.29, 1.82) is 0 Å². The Labute approximate surface area is 75.6 Å². The maximum atomic E-state index is 2.38. The van der Waals surface area contributed by atoms with Crippen LogP contribution >= 0.6 is 0 Å². The summed E-state index contributed by atoms with van der Waals surface area (Å²) in [5.74, 6) is 0. The molecule has 1 aliphatic rings. The van der Waals surface area contributed by atoms with E-state index in [0.717, 1.165) is 0 Å². The van der Waals surface area contributed by atoms with Crippen molar-refractivity contribution in [1.82, 2.24) is 0 Å². The summed E-state index contributed by atoms with van der Waals surface area (Å²) in [6, 6.07) is 6.95. The molecule has 0 bridgehead atoms. The van der Waals surface area contributed by atoms with Gasteiger partial charge >= 0.3 is 0 Å². The van der Waals surface area contributed by atoms with Gasteiger partial charge in [-0.3, -0.25) is 0 Å². The third-order valence-electron chi connectivity index (χ3n) is 2.57. The lowest BCUT2D eigenvalue weighted by atomic mass is 10.1. The molecular weight excluding hydrogens is 144 g/mol. The van der Waals surface area contributed by atoms with Crippen molar-refractivity contribution >= 4 is 0 Å². The SMILES string of the molecule is C.CCc1ccc2c(c1)CCC2. The lowest BCUT2D eigenvalue weighted by molar-refractivity contribution is 0.911. The normalized spacial score (nSPS) is 13.8. The van der Waals surface area contributed by atoms with E-state index in [0.29, 0.717) is 0 Å². The second-order valence-electron chi connectivity index (χ2n) is 3.31. The molecule has 0 saturated heterocycles. The Bertz CT molecular complexity index is 261. The zero-order chi connectivity index (χ0) is 7.68. The molecule has 1 aromatic rings. The van der Waals surface area contributed by atoms with Crippen molar-refractivity contribution in [3.05, 3.63) is 34.9 Å². The molecule has 0 aromatic heterocycles. The fourth-order valence-electron chi connectivity index (χ4n) is 1.85. The molecule has 0 heteroatoms. The van der Waals surface area contributed by atoms with Gasteiger partial charge in [-0.1, -0.05) is 32.5 Å². The van der Waals surface area contributed by atoms with Crippen molar-refractivity contribution in [2.24, 2.45) is 0 Å². The summed E-state index contributed by atoms with van der Waals surface area (Å²) in [5.41, 5.74) is 4.68. The number of hydrogen-bond donors (Lipinski definition) is 0. The summed E-state index contributed by atoms with van der Waals surface area (Å²) in [6.45, 7) is 2.22. The predicted octanol–water partition coefficient (Wildman–Crippen LogP) is 3.37. The van der Waals surface area contributed by atoms with Crippen molar-refractivity contribution in [2.75, 3.05) is 0 Å². The van der Waals surface area contributed by atoms with Gasteiger partial charge in [-0.2, -0.15) is 0 Å². The topological polar surface area (TPSA) is 0 Å². The number of fused-ring (bicyclic) bond motifs is 1. The molecule has 0 unspecified atom stereocenters. The van der Waals surface area contributed by atoms with Crippen LogP contribution in [-0.4, -0.2) is 0 Å². The maximum Gasteiger partial charge on any atom is -0.0273 e. The summed E-state index contributed by atoms with van der Waals surface area (Å²) in [7, 11) is 0. The van der Waals surface area contributed by atoms with Gasteiger partial charge in [-0.25, -0.2) is 0 Å². The molecule has 0 atom stereocenters. The van der Waals surface area contributed by atoms with Gasteiger partial charge in [0.15, 0.2) is 0 Å². The first-order chi connectivity index (χ1) is 5.40. The van der Waals surface area contributed by atoms with Crippen LogP contribution in [-0.2, 0) is 19.3 Å². The highest BCUT2D eigenvalue weighted by Crippen LogP contribution is 2.22. The molecule has 2 rings (SSSR count). The van der Waals surface area contributed by atoms with Crippen LogP contribution in [0.4, 0.5) is 0 Å². The van der Waals surface area contributed by atoms with Gasteiger partial charge in [0.25, 0.3) is 0 Å². The smallest absolute Gasteiger partial charge is 0.0273 e. The third-order valence-corrected chi connectivity index (χ3v) is 2.57. The minimum absolute atomic E-state index is 0. The van der Waals surface area contributed by atoms with Crippen LogP contribution < -0.4 is 0 Å². The average molecular weight is 162 g/mol. The lowest BCUT2D eigenvalue weighted by Crippen LogP contribution is -1.85. The summed E-state index contributed by atoms with van der Waals surface area (Å²) in [4.78, 5) is 0. The van der Waals surface area contributed by atoms with Crippen LogP contribution in [0.5, 0.6) is 0 Å². The van der Waals surface area contributed by atoms with Crippen LogP contribution in [0.3, 0.4) is 0 Å². The van der Waals surface area contributed by atoms with E-state index < -0.39 is 0 Å². The Kier molecular flexibility index (Phi) is 2.91. The van der Waals surface area contributed by atoms with E-state index in [1.165, 1.54) is 31.2 Å². The monoisotopic (exact) mass is 162 g/mol. The molecule has 0 aliphatic heterocycles. The molecule has 0 heterocycles. The van der Waals surface area contributed by atoms with E-state index in [2.05, 4.69) is 25.1 Å². The molecule has 0 spiro atoms. The highest BCUT2D eigenvalue weighted by atomic mass is 14.1. The van der Waals surface area contributed by atoms with E-state index in [9.17, 15) is 0 Å². The lowest BCUT2D eigenvalue weighted by Gasteiger charge is -2.00. The minimum atomic E-state index is 0. The van der Waals surface area contributed by atoms with Crippen molar-refractivity contribution in [2.45, 2.75) is 40.0 Å². The van der Waals surface area contributed by atoms with Gasteiger partial charge in [0.2, 0.25) is 0 Å². The van der Waals surface area contributed by atoms with Crippen molar-refractivity contribution < 1.29 is 0 Å². The molecule has 0 amide bonds. The molecule has 12 heavy (non-hydrogen) atoms. The van der Waals surface area contributed by atoms with Gasteiger partial charge in [0.1, 0.15) is 0 Å². The highest BCUT2D eigenvalue weighted by molar-refractivity contribution is 5.35. The zero-order valence-electron chi connectivity index (χ0n) is 7.06. The standard InChI is InChI=1S/C11H14.CH4/c1-2-9-6-7-10-4-3-5-11(10)8-9;/h6-8H,2-5H2,1H3;1H4. The third kappa shape index (κ3) is 1.52. The maximum absolute atomic E-state index is 2.38.